The number of aliphatic carboxylic acids is 1. The van der Waals surface area contributed by atoms with Gasteiger partial charge in [-0.15, -0.1) is 0 Å². The summed E-state index contributed by atoms with van der Waals surface area (Å²) < 4.78 is 5.57. The molecular weight excluding hydrogens is 420 g/mol. The predicted octanol–water partition coefficient (Wildman–Crippen LogP) is 4.06. The number of hydrogen-bond acceptors (Lipinski definition) is 4. The molecule has 2 aliphatic carbocycles. The Morgan fingerprint density at radius 3 is 2.15 bits per heavy atom. The molecule has 33 heavy (non-hydrogen) atoms. The minimum Gasteiger partial charge on any atom is -0.480 e. The van der Waals surface area contributed by atoms with E-state index in [1.165, 1.54) is 0 Å². The van der Waals surface area contributed by atoms with Gasteiger partial charge in [0, 0.05) is 18.4 Å². The first-order chi connectivity index (χ1) is 15.8. The summed E-state index contributed by atoms with van der Waals surface area (Å²) in [6.45, 7) is 3.60. The molecule has 2 amide bonds. The number of carboxylic acid groups (broad SMARTS) is 1. The molecule has 2 aromatic carbocycles. The Kier molecular flexibility index (Phi) is 6.40. The third-order valence-electron chi connectivity index (χ3n) is 6.83. The molecule has 3 N–H and O–H groups in total. The summed E-state index contributed by atoms with van der Waals surface area (Å²) in [4.78, 5) is 36.7. The zero-order chi connectivity index (χ0) is 23.6. The number of carbonyl (C=O) groups excluding carboxylic acids is 2. The lowest BCUT2D eigenvalue weighted by atomic mass is 9.95. The number of nitrogens with one attached hydrogen (secondary N) is 2. The second-order valence-electron chi connectivity index (χ2n) is 9.11. The zero-order valence-electron chi connectivity index (χ0n) is 19.0. The van der Waals surface area contributed by atoms with E-state index in [0.29, 0.717) is 6.42 Å². The number of hydrogen-bond donors (Lipinski definition) is 3. The predicted molar refractivity (Wildman–Crippen MR) is 124 cm³/mol. The molecule has 7 heteroatoms. The molecular formula is C26H30N2O5. The molecule has 0 heterocycles. The third kappa shape index (κ3) is 4.72. The minimum atomic E-state index is -1.26. The molecule has 1 saturated carbocycles. The normalized spacial score (nSPS) is 17.3. The van der Waals surface area contributed by atoms with Crippen LogP contribution in [0.2, 0.25) is 0 Å². The van der Waals surface area contributed by atoms with Crippen LogP contribution in [-0.2, 0) is 14.3 Å². The third-order valence-corrected chi connectivity index (χ3v) is 6.83. The number of ether oxygens (including phenoxy) is 1. The van der Waals surface area contributed by atoms with E-state index in [0.717, 1.165) is 35.1 Å². The Bertz CT molecular complexity index is 1020. The summed E-state index contributed by atoms with van der Waals surface area (Å²) in [5.74, 6) is -1.51. The minimum absolute atomic E-state index is 0.00369. The van der Waals surface area contributed by atoms with E-state index in [1.54, 1.807) is 6.92 Å². The molecule has 0 saturated heterocycles. The first-order valence-corrected chi connectivity index (χ1v) is 11.5. The van der Waals surface area contributed by atoms with Gasteiger partial charge in [0.15, 0.2) is 0 Å². The molecule has 2 atom stereocenters. The Morgan fingerprint density at radius 2 is 1.64 bits per heavy atom. The van der Waals surface area contributed by atoms with E-state index in [1.807, 2.05) is 31.2 Å². The number of fused-ring (bicyclic) bond motifs is 3. The van der Waals surface area contributed by atoms with Gasteiger partial charge in [0.2, 0.25) is 5.91 Å². The van der Waals surface area contributed by atoms with Crippen molar-refractivity contribution in [3.05, 3.63) is 59.7 Å². The van der Waals surface area contributed by atoms with Crippen molar-refractivity contribution >= 4 is 18.0 Å². The van der Waals surface area contributed by atoms with E-state index in [-0.39, 0.29) is 24.9 Å². The van der Waals surface area contributed by atoms with Crippen molar-refractivity contribution < 1.29 is 24.2 Å². The average molecular weight is 451 g/mol. The number of carboxylic acids is 1. The van der Waals surface area contributed by atoms with Crippen molar-refractivity contribution in [3.63, 3.8) is 0 Å². The quantitative estimate of drug-likeness (QED) is 0.534. The summed E-state index contributed by atoms with van der Waals surface area (Å²) in [5.41, 5.74) is 3.31. The van der Waals surface area contributed by atoms with Crippen LogP contribution in [0.25, 0.3) is 11.1 Å². The summed E-state index contributed by atoms with van der Waals surface area (Å²) in [7, 11) is 0. The second kappa shape index (κ2) is 9.25. The monoisotopic (exact) mass is 450 g/mol. The first-order valence-electron chi connectivity index (χ1n) is 11.5. The summed E-state index contributed by atoms with van der Waals surface area (Å²) in [6, 6.07) is 15.8. The lowest BCUT2D eigenvalue weighted by Crippen LogP contribution is -2.55. The molecule has 2 aliphatic rings. The largest absolute Gasteiger partial charge is 0.480 e. The summed E-state index contributed by atoms with van der Waals surface area (Å²) in [5, 5.41) is 15.0. The maximum absolute atomic E-state index is 12.5. The van der Waals surface area contributed by atoms with Crippen molar-refractivity contribution in [1.29, 1.82) is 0 Å². The summed E-state index contributed by atoms with van der Waals surface area (Å²) in [6.07, 6.45) is 1.51. The van der Waals surface area contributed by atoms with Crippen LogP contribution in [0.3, 0.4) is 0 Å². The molecule has 2 aromatic rings. The Labute approximate surface area is 193 Å². The number of benzene rings is 2. The van der Waals surface area contributed by atoms with Crippen molar-refractivity contribution in [2.75, 3.05) is 6.61 Å². The van der Waals surface area contributed by atoms with Gasteiger partial charge in [-0.25, -0.2) is 9.59 Å². The van der Waals surface area contributed by atoms with E-state index in [2.05, 4.69) is 34.9 Å². The van der Waals surface area contributed by atoms with Gasteiger partial charge in [0.25, 0.3) is 0 Å². The second-order valence-corrected chi connectivity index (χ2v) is 9.11. The highest BCUT2D eigenvalue weighted by atomic mass is 16.5. The number of alkyl carbamates (subject to hydrolysis) is 1. The van der Waals surface area contributed by atoms with Gasteiger partial charge >= 0.3 is 12.1 Å². The van der Waals surface area contributed by atoms with Gasteiger partial charge in [-0.3, -0.25) is 4.79 Å². The Morgan fingerprint density at radius 1 is 1.06 bits per heavy atom. The maximum atomic E-state index is 12.5. The SMILES string of the molecule is CC[C@@H](CC(=O)NC(C)(C(=O)O)C1CC1)NC(=O)OCC1c2ccccc2-c2ccccc21. The average Bonchev–Trinajstić information content (AvgIpc) is 3.61. The first kappa shape index (κ1) is 22.8. The van der Waals surface area contributed by atoms with Crippen LogP contribution in [-0.4, -0.2) is 41.3 Å². The number of amides is 2. The van der Waals surface area contributed by atoms with E-state index < -0.39 is 29.6 Å². The van der Waals surface area contributed by atoms with Crippen LogP contribution in [0.5, 0.6) is 0 Å². The van der Waals surface area contributed by atoms with E-state index >= 15 is 0 Å². The van der Waals surface area contributed by atoms with Gasteiger partial charge in [-0.2, -0.15) is 0 Å². The fourth-order valence-corrected chi connectivity index (χ4v) is 4.66. The molecule has 4 rings (SSSR count). The smallest absolute Gasteiger partial charge is 0.407 e. The van der Waals surface area contributed by atoms with Gasteiger partial charge in [-0.1, -0.05) is 55.5 Å². The zero-order valence-corrected chi connectivity index (χ0v) is 19.0. The van der Waals surface area contributed by atoms with Crippen LogP contribution in [0.15, 0.2) is 48.5 Å². The van der Waals surface area contributed by atoms with Crippen LogP contribution >= 0.6 is 0 Å². The van der Waals surface area contributed by atoms with Crippen molar-refractivity contribution in [3.8, 4) is 11.1 Å². The number of carbonyl (C=O) groups is 3. The van der Waals surface area contributed by atoms with Gasteiger partial charge in [0.05, 0.1) is 0 Å². The molecule has 1 fully saturated rings. The molecule has 0 bridgehead atoms. The van der Waals surface area contributed by atoms with Crippen molar-refractivity contribution in [2.24, 2.45) is 5.92 Å². The highest BCUT2D eigenvalue weighted by Crippen LogP contribution is 2.44. The molecule has 0 aliphatic heterocycles. The number of rotatable bonds is 9. The molecule has 0 spiro atoms. The lowest BCUT2D eigenvalue weighted by molar-refractivity contribution is -0.148. The highest BCUT2D eigenvalue weighted by molar-refractivity contribution is 5.87. The fourth-order valence-electron chi connectivity index (χ4n) is 4.66. The van der Waals surface area contributed by atoms with E-state index in [9.17, 15) is 19.5 Å². The molecule has 0 radical (unpaired) electrons. The fraction of sp³-hybridized carbons (Fsp3) is 0.423. The van der Waals surface area contributed by atoms with Crippen molar-refractivity contribution in [1.82, 2.24) is 10.6 Å². The maximum Gasteiger partial charge on any atom is 0.407 e. The Hall–Kier alpha value is -3.35. The van der Waals surface area contributed by atoms with Gasteiger partial charge in [0.1, 0.15) is 12.1 Å². The van der Waals surface area contributed by atoms with Gasteiger partial charge in [-0.05, 0) is 54.4 Å². The Balaban J connectivity index is 1.34. The molecule has 1 unspecified atom stereocenters. The molecule has 7 nitrogen and oxygen atoms in total. The molecule has 174 valence electrons. The van der Waals surface area contributed by atoms with Crippen LogP contribution in [0.1, 0.15) is 56.6 Å². The highest BCUT2D eigenvalue weighted by Gasteiger charge is 2.48. The van der Waals surface area contributed by atoms with Crippen molar-refractivity contribution in [2.45, 2.75) is 57.0 Å². The van der Waals surface area contributed by atoms with E-state index in [4.69, 9.17) is 4.74 Å². The standard InChI is InChI=1S/C26H30N2O5/c1-3-17(14-23(29)28-26(2,24(30)31)16-12-13-16)27-25(32)33-15-22-20-10-6-4-8-18(20)19-9-5-7-11-21(19)22/h4-11,16-17,22H,3,12-15H2,1-2H3,(H,27,32)(H,28,29)(H,30,31)/t17-,26?/m0/s1. The molecule has 0 aromatic heterocycles. The lowest BCUT2D eigenvalue weighted by Gasteiger charge is -2.27. The summed E-state index contributed by atoms with van der Waals surface area (Å²) >= 11 is 0. The van der Waals surface area contributed by atoms with Gasteiger partial charge < -0.3 is 20.5 Å². The van der Waals surface area contributed by atoms with Crippen LogP contribution in [0.4, 0.5) is 4.79 Å². The topological polar surface area (TPSA) is 105 Å². The van der Waals surface area contributed by atoms with Crippen LogP contribution in [0, 0.1) is 5.92 Å². The van der Waals surface area contributed by atoms with Crippen LogP contribution < -0.4 is 10.6 Å².